The van der Waals surface area contributed by atoms with E-state index >= 15 is 0 Å². The molecule has 1 aliphatic heterocycles. The summed E-state index contributed by atoms with van der Waals surface area (Å²) in [7, 11) is 1.69. The molecule has 1 amide bonds. The van der Waals surface area contributed by atoms with Gasteiger partial charge in [-0.05, 0) is 24.1 Å². The van der Waals surface area contributed by atoms with Crippen LogP contribution < -0.4 is 26.8 Å². The third-order valence-corrected chi connectivity index (χ3v) is 9.77. The number of thioether (sulfide) groups is 1. The molecule has 0 aliphatic carbocycles. The first kappa shape index (κ1) is 37.7. The fourth-order valence-corrected chi connectivity index (χ4v) is 6.80. The fourth-order valence-electron chi connectivity index (χ4n) is 5.72. The van der Waals surface area contributed by atoms with E-state index in [1.165, 1.54) is 0 Å². The van der Waals surface area contributed by atoms with Crippen LogP contribution >= 0.6 is 11.8 Å². The van der Waals surface area contributed by atoms with Crippen molar-refractivity contribution in [2.75, 3.05) is 69.7 Å². The van der Waals surface area contributed by atoms with Gasteiger partial charge in [0.25, 0.3) is 0 Å². The van der Waals surface area contributed by atoms with E-state index in [-0.39, 0.29) is 11.7 Å². The minimum atomic E-state index is -1.19. The van der Waals surface area contributed by atoms with Crippen LogP contribution in [0.5, 0.6) is 5.75 Å². The van der Waals surface area contributed by atoms with E-state index in [1.807, 2.05) is 12.3 Å². The number of aromatic nitrogens is 3. The van der Waals surface area contributed by atoms with Gasteiger partial charge in [-0.2, -0.15) is 4.98 Å². The molecule has 0 bridgehead atoms. The first-order chi connectivity index (χ1) is 23.6. The number of ether oxygens (including phenoxy) is 1. The van der Waals surface area contributed by atoms with Crippen LogP contribution in [0.1, 0.15) is 43.7 Å². The van der Waals surface area contributed by atoms with Crippen LogP contribution in [0.15, 0.2) is 30.5 Å². The smallest absolute Gasteiger partial charge is 0.321 e. The number of amides is 1. The van der Waals surface area contributed by atoms with Crippen LogP contribution in [0.3, 0.4) is 0 Å². The Morgan fingerprint density at radius 3 is 2.49 bits per heavy atom. The molecule has 0 saturated carbocycles. The molecular formula is C33H49N9O6S. The van der Waals surface area contributed by atoms with E-state index in [0.29, 0.717) is 19.6 Å². The lowest BCUT2D eigenvalue weighted by molar-refractivity contribution is -0.138. The summed E-state index contributed by atoms with van der Waals surface area (Å²) < 4.78 is 7.95. The lowest BCUT2D eigenvalue weighted by atomic mass is 10.1. The summed E-state index contributed by atoms with van der Waals surface area (Å²) in [4.78, 5) is 48.4. The van der Waals surface area contributed by atoms with E-state index in [4.69, 9.17) is 21.3 Å². The minimum Gasteiger partial charge on any atom is -0.496 e. The number of nitrogens with one attached hydrogen (secondary N) is 2. The number of nitrogens with two attached hydrogens (primary N) is 2. The van der Waals surface area contributed by atoms with Crippen LogP contribution in [-0.4, -0.2) is 122 Å². The normalized spacial score (nSPS) is 15.2. The van der Waals surface area contributed by atoms with Gasteiger partial charge in [-0.1, -0.05) is 31.9 Å². The highest BCUT2D eigenvalue weighted by Crippen LogP contribution is 2.27. The number of anilines is 2. The van der Waals surface area contributed by atoms with Gasteiger partial charge in [-0.25, -0.2) is 4.98 Å². The Hall–Kier alpha value is -4.12. The number of rotatable bonds is 20. The number of aliphatic carboxylic acids is 2. The Kier molecular flexibility index (Phi) is 14.3. The van der Waals surface area contributed by atoms with Crippen LogP contribution in [0.25, 0.3) is 11.0 Å². The second kappa shape index (κ2) is 18.6. The van der Waals surface area contributed by atoms with Crippen LogP contribution in [0.4, 0.5) is 11.8 Å². The highest BCUT2D eigenvalue weighted by atomic mass is 32.2. The van der Waals surface area contributed by atoms with Gasteiger partial charge in [0, 0.05) is 69.9 Å². The van der Waals surface area contributed by atoms with Gasteiger partial charge in [-0.3, -0.25) is 24.2 Å². The lowest BCUT2D eigenvalue weighted by Gasteiger charge is -2.34. The highest BCUT2D eigenvalue weighted by molar-refractivity contribution is 8.00. The monoisotopic (exact) mass is 699 g/mol. The number of methoxy groups -OCH3 is 1. The Bertz CT molecular complexity index is 1560. The van der Waals surface area contributed by atoms with E-state index in [1.54, 1.807) is 7.11 Å². The van der Waals surface area contributed by atoms with E-state index in [0.717, 1.165) is 104 Å². The maximum Gasteiger partial charge on any atom is 0.321 e. The Balaban J connectivity index is 1.27. The SMILES string of the molecule is CCCCCNc1nc(N)nc2ccn(Cc3ccc(CN4CCN(CCNC(=O)C(CC(=O)O)SCC(N)C(=O)O)CC4)cc3OC)c12. The standard InChI is InChI=1S/C33H49N9O6S/c1-3-4-5-9-36-30-29-25(38-33(35)39-30)8-11-42(29)20-23-7-6-22(17-26(23)48-2)19-41-15-13-40(14-16-41)12-10-37-31(45)27(18-28(43)44)49-21-24(34)32(46)47/h6-8,11,17,24,27H,3-5,9-10,12-16,18-21,34H2,1-2H3,(H,37,45)(H,43,44)(H,46,47)(H3,35,36,38,39). The predicted octanol–water partition coefficient (Wildman–Crippen LogP) is 1.89. The second-order valence-corrected chi connectivity index (χ2v) is 13.4. The molecule has 8 N–H and O–H groups in total. The number of benzene rings is 1. The van der Waals surface area contributed by atoms with Crippen molar-refractivity contribution in [1.82, 2.24) is 29.7 Å². The molecular weight excluding hydrogens is 650 g/mol. The molecule has 15 nitrogen and oxygen atoms in total. The zero-order valence-electron chi connectivity index (χ0n) is 28.3. The number of carbonyl (C=O) groups is 3. The summed E-state index contributed by atoms with van der Waals surface area (Å²) in [6.45, 7) is 8.72. The van der Waals surface area contributed by atoms with Gasteiger partial charge in [0.05, 0.1) is 30.8 Å². The molecule has 1 aromatic carbocycles. The Labute approximate surface area is 290 Å². The number of carbonyl (C=O) groups excluding carboxylic acids is 1. The van der Waals surface area contributed by atoms with Crippen molar-refractivity contribution in [3.8, 4) is 5.75 Å². The summed E-state index contributed by atoms with van der Waals surface area (Å²) in [5.41, 5.74) is 15.4. The van der Waals surface area contributed by atoms with Gasteiger partial charge in [0.2, 0.25) is 11.9 Å². The van der Waals surface area contributed by atoms with E-state index in [2.05, 4.69) is 60.1 Å². The molecule has 0 radical (unpaired) electrons. The topological polar surface area (TPSA) is 214 Å². The number of unbranched alkanes of at least 4 members (excludes halogenated alkanes) is 2. The molecule has 1 saturated heterocycles. The molecule has 1 fully saturated rings. The highest BCUT2D eigenvalue weighted by Gasteiger charge is 2.25. The Morgan fingerprint density at radius 1 is 1.04 bits per heavy atom. The number of hydrogen-bond donors (Lipinski definition) is 6. The zero-order chi connectivity index (χ0) is 35.3. The molecule has 3 heterocycles. The third-order valence-electron chi connectivity index (χ3n) is 8.44. The third kappa shape index (κ3) is 11.2. The van der Waals surface area contributed by atoms with Crippen molar-refractivity contribution in [2.45, 2.75) is 57.0 Å². The number of nitrogens with zero attached hydrogens (tertiary/aromatic N) is 5. The molecule has 3 aromatic rings. The van der Waals surface area contributed by atoms with Gasteiger partial charge >= 0.3 is 11.9 Å². The van der Waals surface area contributed by atoms with Crippen molar-refractivity contribution in [1.29, 1.82) is 0 Å². The quantitative estimate of drug-likeness (QED) is 0.0930. The van der Waals surface area contributed by atoms with E-state index < -0.39 is 35.6 Å². The fraction of sp³-hybridized carbons (Fsp3) is 0.545. The molecule has 1 aliphatic rings. The van der Waals surface area contributed by atoms with E-state index in [9.17, 15) is 19.5 Å². The van der Waals surface area contributed by atoms with Crippen molar-refractivity contribution in [2.24, 2.45) is 5.73 Å². The molecule has 2 aromatic heterocycles. The van der Waals surface area contributed by atoms with Gasteiger partial charge < -0.3 is 41.6 Å². The van der Waals surface area contributed by atoms with Crippen LogP contribution in [-0.2, 0) is 27.5 Å². The number of piperazine rings is 1. The largest absolute Gasteiger partial charge is 0.496 e. The number of hydrogen-bond acceptors (Lipinski definition) is 12. The molecule has 16 heteroatoms. The molecule has 4 rings (SSSR count). The first-order valence-electron chi connectivity index (χ1n) is 16.6. The predicted molar refractivity (Wildman–Crippen MR) is 191 cm³/mol. The average molecular weight is 700 g/mol. The second-order valence-electron chi connectivity index (χ2n) is 12.2. The average Bonchev–Trinajstić information content (AvgIpc) is 3.48. The first-order valence-corrected chi connectivity index (χ1v) is 17.7. The summed E-state index contributed by atoms with van der Waals surface area (Å²) >= 11 is 0.950. The van der Waals surface area contributed by atoms with Crippen LogP contribution in [0.2, 0.25) is 0 Å². The van der Waals surface area contributed by atoms with Crippen molar-refractivity contribution >= 4 is 52.4 Å². The maximum atomic E-state index is 12.6. The van der Waals surface area contributed by atoms with Gasteiger partial charge in [0.1, 0.15) is 17.3 Å². The summed E-state index contributed by atoms with van der Waals surface area (Å²) in [5, 5.41) is 23.5. The summed E-state index contributed by atoms with van der Waals surface area (Å²) in [6.07, 6.45) is 4.93. The molecule has 0 spiro atoms. The summed E-state index contributed by atoms with van der Waals surface area (Å²) in [5.74, 6) is -1.01. The van der Waals surface area contributed by atoms with Crippen molar-refractivity contribution in [3.63, 3.8) is 0 Å². The zero-order valence-corrected chi connectivity index (χ0v) is 29.1. The molecule has 49 heavy (non-hydrogen) atoms. The number of fused-ring (bicyclic) bond motifs is 1. The molecule has 2 atom stereocenters. The van der Waals surface area contributed by atoms with Crippen molar-refractivity contribution in [3.05, 3.63) is 41.6 Å². The number of carboxylic acids is 2. The Morgan fingerprint density at radius 2 is 1.80 bits per heavy atom. The van der Waals surface area contributed by atoms with Crippen LogP contribution in [0, 0.1) is 0 Å². The van der Waals surface area contributed by atoms with Gasteiger partial charge in [-0.15, -0.1) is 11.8 Å². The number of carboxylic acid groups (broad SMARTS) is 2. The number of nitrogen functional groups attached to an aromatic ring is 1. The van der Waals surface area contributed by atoms with Crippen molar-refractivity contribution < 1.29 is 29.3 Å². The summed E-state index contributed by atoms with van der Waals surface area (Å²) in [6, 6.07) is 7.13. The minimum absolute atomic E-state index is 0.0508. The lowest BCUT2D eigenvalue weighted by Crippen LogP contribution is -2.48. The van der Waals surface area contributed by atoms with Gasteiger partial charge in [0.15, 0.2) is 5.82 Å². The maximum absolute atomic E-state index is 12.6. The molecule has 2 unspecified atom stereocenters. The molecule has 268 valence electrons.